The van der Waals surface area contributed by atoms with Gasteiger partial charge in [0.1, 0.15) is 12.4 Å². The Hall–Kier alpha value is -1.42. The van der Waals surface area contributed by atoms with Crippen LogP contribution in [0.15, 0.2) is 29.8 Å². The number of ether oxygens (including phenoxy) is 1. The van der Waals surface area contributed by atoms with Gasteiger partial charge in [-0.3, -0.25) is 0 Å². The Morgan fingerprint density at radius 2 is 2.33 bits per heavy atom. The van der Waals surface area contributed by atoms with Crippen molar-refractivity contribution in [2.75, 3.05) is 0 Å². The third-order valence-corrected chi connectivity index (χ3v) is 2.80. The number of hydrogen-bond donors (Lipinski definition) is 0. The molecule has 2 heterocycles. The summed E-state index contributed by atoms with van der Waals surface area (Å²) >= 11 is 1.69. The van der Waals surface area contributed by atoms with E-state index in [4.69, 9.17) is 4.74 Å². The van der Waals surface area contributed by atoms with Gasteiger partial charge < -0.3 is 4.74 Å². The van der Waals surface area contributed by atoms with Gasteiger partial charge in [-0.05, 0) is 30.5 Å². The second kappa shape index (κ2) is 4.40. The van der Waals surface area contributed by atoms with Gasteiger partial charge in [-0.1, -0.05) is 0 Å². The summed E-state index contributed by atoms with van der Waals surface area (Å²) < 4.78 is 17.9. The van der Waals surface area contributed by atoms with Crippen molar-refractivity contribution in [2.24, 2.45) is 0 Å². The van der Waals surface area contributed by atoms with Crippen molar-refractivity contribution in [2.45, 2.75) is 13.5 Å². The highest BCUT2D eigenvalue weighted by molar-refractivity contribution is 7.10. The number of pyridine rings is 1. The van der Waals surface area contributed by atoms with E-state index in [1.165, 1.54) is 17.1 Å². The lowest BCUT2D eigenvalue weighted by Crippen LogP contribution is -1.94. The minimum Gasteiger partial charge on any atom is -0.487 e. The first-order valence-corrected chi connectivity index (χ1v) is 5.40. The van der Waals surface area contributed by atoms with Gasteiger partial charge in [-0.15, -0.1) is 11.3 Å². The molecule has 2 aromatic rings. The van der Waals surface area contributed by atoms with Gasteiger partial charge in [-0.25, -0.2) is 4.98 Å². The van der Waals surface area contributed by atoms with E-state index in [0.717, 1.165) is 5.56 Å². The van der Waals surface area contributed by atoms with Crippen molar-refractivity contribution < 1.29 is 9.13 Å². The molecule has 4 heteroatoms. The van der Waals surface area contributed by atoms with Crippen LogP contribution < -0.4 is 4.74 Å². The van der Waals surface area contributed by atoms with Crippen molar-refractivity contribution in [1.82, 2.24) is 4.98 Å². The van der Waals surface area contributed by atoms with Crippen LogP contribution in [0.5, 0.6) is 5.75 Å². The summed E-state index contributed by atoms with van der Waals surface area (Å²) in [6.07, 6.45) is 1.38. The molecular formula is C11H10FNOS. The molecule has 0 N–H and O–H groups in total. The summed E-state index contributed by atoms with van der Waals surface area (Å²) in [5, 5.41) is 2.05. The highest BCUT2D eigenvalue weighted by atomic mass is 32.1. The Labute approximate surface area is 91.4 Å². The highest BCUT2D eigenvalue weighted by Gasteiger charge is 1.99. The van der Waals surface area contributed by atoms with E-state index in [0.29, 0.717) is 12.4 Å². The van der Waals surface area contributed by atoms with Crippen LogP contribution >= 0.6 is 11.3 Å². The monoisotopic (exact) mass is 223 g/mol. The quantitative estimate of drug-likeness (QED) is 0.746. The lowest BCUT2D eigenvalue weighted by Gasteiger charge is -2.03. The third kappa shape index (κ3) is 2.76. The van der Waals surface area contributed by atoms with E-state index in [9.17, 15) is 4.39 Å². The van der Waals surface area contributed by atoms with E-state index in [1.807, 2.05) is 12.3 Å². The molecule has 2 rings (SSSR count). The molecule has 0 aliphatic carbocycles. The summed E-state index contributed by atoms with van der Waals surface area (Å²) in [4.78, 5) is 4.76. The van der Waals surface area contributed by atoms with Gasteiger partial charge in [0.25, 0.3) is 0 Å². The topological polar surface area (TPSA) is 22.1 Å². The molecule has 0 unspecified atom stereocenters. The van der Waals surface area contributed by atoms with E-state index in [2.05, 4.69) is 11.1 Å². The lowest BCUT2D eigenvalue weighted by atomic mass is 10.3. The molecule has 0 fully saturated rings. The van der Waals surface area contributed by atoms with Crippen LogP contribution in [0.2, 0.25) is 0 Å². The minimum atomic E-state index is -0.492. The summed E-state index contributed by atoms with van der Waals surface area (Å²) in [6.45, 7) is 2.55. The van der Waals surface area contributed by atoms with Crippen molar-refractivity contribution in [3.05, 3.63) is 46.2 Å². The van der Waals surface area contributed by atoms with Crippen LogP contribution in [0.1, 0.15) is 10.4 Å². The van der Waals surface area contributed by atoms with Crippen molar-refractivity contribution in [3.63, 3.8) is 0 Å². The van der Waals surface area contributed by atoms with E-state index in [-0.39, 0.29) is 0 Å². The largest absolute Gasteiger partial charge is 0.487 e. The average molecular weight is 223 g/mol. The second-order valence-electron chi connectivity index (χ2n) is 3.17. The maximum atomic E-state index is 12.5. The minimum absolute atomic E-state index is 0.492. The molecule has 0 atom stereocenters. The number of rotatable bonds is 3. The van der Waals surface area contributed by atoms with Gasteiger partial charge in [0.15, 0.2) is 0 Å². The fraction of sp³-hybridized carbons (Fsp3) is 0.182. The van der Waals surface area contributed by atoms with Crippen LogP contribution in [0.3, 0.4) is 0 Å². The average Bonchev–Trinajstić information content (AvgIpc) is 2.64. The number of hydrogen-bond acceptors (Lipinski definition) is 3. The smallest absolute Gasteiger partial charge is 0.213 e. The molecule has 15 heavy (non-hydrogen) atoms. The first kappa shape index (κ1) is 10.1. The van der Waals surface area contributed by atoms with E-state index < -0.39 is 5.95 Å². The Balaban J connectivity index is 1.96. The number of halogens is 1. The molecule has 0 saturated heterocycles. The van der Waals surface area contributed by atoms with Gasteiger partial charge in [0, 0.05) is 10.4 Å². The maximum Gasteiger partial charge on any atom is 0.213 e. The summed E-state index contributed by atoms with van der Waals surface area (Å²) in [5.74, 6) is 0.0916. The number of aromatic nitrogens is 1. The van der Waals surface area contributed by atoms with Crippen LogP contribution in [0, 0.1) is 12.9 Å². The first-order chi connectivity index (χ1) is 7.24. The Bertz CT molecular complexity index is 438. The third-order valence-electron chi connectivity index (χ3n) is 1.89. The summed E-state index contributed by atoms with van der Waals surface area (Å²) in [5.41, 5.74) is 1.13. The molecule has 0 radical (unpaired) electrons. The number of aryl methyl sites for hydroxylation is 1. The van der Waals surface area contributed by atoms with E-state index in [1.54, 1.807) is 17.4 Å². The fourth-order valence-corrected chi connectivity index (χ4v) is 1.88. The predicted octanol–water partition coefficient (Wildman–Crippen LogP) is 3.17. The molecule has 0 aromatic carbocycles. The van der Waals surface area contributed by atoms with Crippen LogP contribution in [-0.4, -0.2) is 4.98 Å². The molecular weight excluding hydrogens is 213 g/mol. The molecule has 2 aromatic heterocycles. The van der Waals surface area contributed by atoms with Crippen LogP contribution in [0.25, 0.3) is 0 Å². The molecule has 0 aliphatic heterocycles. The Kier molecular flexibility index (Phi) is 2.97. The lowest BCUT2D eigenvalue weighted by molar-refractivity contribution is 0.304. The number of nitrogens with zero attached hydrogens (tertiary/aromatic N) is 1. The van der Waals surface area contributed by atoms with Gasteiger partial charge >= 0.3 is 0 Å². The Morgan fingerprint density at radius 3 is 2.93 bits per heavy atom. The molecule has 0 spiro atoms. The second-order valence-corrected chi connectivity index (χ2v) is 4.29. The SMILES string of the molecule is Cc1cc(COc2ccc(F)nc2)cs1. The van der Waals surface area contributed by atoms with Crippen LogP contribution in [0.4, 0.5) is 4.39 Å². The maximum absolute atomic E-state index is 12.5. The van der Waals surface area contributed by atoms with E-state index >= 15 is 0 Å². The Morgan fingerprint density at radius 1 is 1.47 bits per heavy atom. The van der Waals surface area contributed by atoms with Crippen LogP contribution in [-0.2, 0) is 6.61 Å². The summed E-state index contributed by atoms with van der Waals surface area (Å²) in [7, 11) is 0. The normalized spacial score (nSPS) is 10.3. The van der Waals surface area contributed by atoms with Gasteiger partial charge in [0.2, 0.25) is 5.95 Å². The number of thiophene rings is 1. The first-order valence-electron chi connectivity index (χ1n) is 4.52. The van der Waals surface area contributed by atoms with Gasteiger partial charge in [-0.2, -0.15) is 4.39 Å². The standard InChI is InChI=1S/C11H10FNOS/c1-8-4-9(7-15-8)6-14-10-2-3-11(12)13-5-10/h2-5,7H,6H2,1H3. The van der Waals surface area contributed by atoms with Crippen molar-refractivity contribution in [3.8, 4) is 5.75 Å². The fourth-order valence-electron chi connectivity index (χ4n) is 1.19. The predicted molar refractivity (Wildman–Crippen MR) is 57.6 cm³/mol. The zero-order valence-corrected chi connectivity index (χ0v) is 9.05. The van der Waals surface area contributed by atoms with Gasteiger partial charge in [0.05, 0.1) is 6.20 Å². The molecule has 78 valence electrons. The molecule has 0 saturated carbocycles. The highest BCUT2D eigenvalue weighted by Crippen LogP contribution is 2.16. The molecule has 0 amide bonds. The molecule has 0 aliphatic rings. The zero-order chi connectivity index (χ0) is 10.7. The molecule has 0 bridgehead atoms. The zero-order valence-electron chi connectivity index (χ0n) is 8.24. The summed E-state index contributed by atoms with van der Waals surface area (Å²) in [6, 6.07) is 4.93. The van der Waals surface area contributed by atoms with Crippen molar-refractivity contribution >= 4 is 11.3 Å². The van der Waals surface area contributed by atoms with Crippen molar-refractivity contribution in [1.29, 1.82) is 0 Å². The molecule has 2 nitrogen and oxygen atoms in total.